The van der Waals surface area contributed by atoms with Gasteiger partial charge in [0.2, 0.25) is 11.7 Å². The third-order valence-electron chi connectivity index (χ3n) is 7.49. The van der Waals surface area contributed by atoms with Crippen LogP contribution in [0.2, 0.25) is 0 Å². The summed E-state index contributed by atoms with van der Waals surface area (Å²) in [6, 6.07) is 20.2. The van der Waals surface area contributed by atoms with Crippen molar-refractivity contribution in [3.8, 4) is 11.1 Å². The molecule has 0 radical (unpaired) electrons. The molecule has 216 valence electrons. The number of piperidine rings is 1. The lowest BCUT2D eigenvalue weighted by Crippen LogP contribution is -2.49. The summed E-state index contributed by atoms with van der Waals surface area (Å²) in [4.78, 5) is 39.4. The van der Waals surface area contributed by atoms with E-state index in [1.54, 1.807) is 17.2 Å². The maximum atomic E-state index is 15.4. The van der Waals surface area contributed by atoms with Crippen molar-refractivity contribution in [2.45, 2.75) is 38.8 Å². The minimum atomic E-state index is -1.11. The standard InChI is InChI=1S/C32H33FN6O3/c1-21-7-2-3-10-26(21)23-13-11-22(12-14-23)17-27(32(41)42)38-31(40)24-8-6-16-39(19-24)30-28(33)29(36-20-37-30)35-18-25-9-4-5-15-34-25/h2-5,7,9-15,20,24,27H,6,8,16-19H2,1H3,(H,38,40)(H,41,42)(H,35,36,37)/t24?,27-/m0/s1. The maximum absolute atomic E-state index is 15.4. The Morgan fingerprint density at radius 3 is 2.57 bits per heavy atom. The van der Waals surface area contributed by atoms with Gasteiger partial charge in [-0.25, -0.2) is 14.8 Å². The number of hydrogen-bond donors (Lipinski definition) is 3. The topological polar surface area (TPSA) is 120 Å². The van der Waals surface area contributed by atoms with E-state index in [1.165, 1.54) is 6.33 Å². The molecule has 2 atom stereocenters. The Morgan fingerprint density at radius 2 is 1.83 bits per heavy atom. The molecule has 0 spiro atoms. The van der Waals surface area contributed by atoms with Gasteiger partial charge in [0.25, 0.3) is 0 Å². The summed E-state index contributed by atoms with van der Waals surface area (Å²) >= 11 is 0. The second-order valence-electron chi connectivity index (χ2n) is 10.4. The Bertz CT molecular complexity index is 1530. The molecule has 9 nitrogen and oxygen atoms in total. The number of pyridine rings is 1. The predicted molar refractivity (Wildman–Crippen MR) is 158 cm³/mol. The molecule has 1 amide bonds. The molecule has 3 N–H and O–H groups in total. The number of anilines is 2. The SMILES string of the molecule is Cc1ccccc1-c1ccc(C[C@H](NC(=O)C2CCCN(c3ncnc(NCc4ccccn4)c3F)C2)C(=O)O)cc1. The van der Waals surface area contributed by atoms with Crippen LogP contribution in [0.3, 0.4) is 0 Å². The zero-order valence-corrected chi connectivity index (χ0v) is 23.3. The van der Waals surface area contributed by atoms with Crippen molar-refractivity contribution in [3.05, 3.63) is 102 Å². The van der Waals surface area contributed by atoms with Gasteiger partial charge in [0.15, 0.2) is 11.6 Å². The number of nitrogens with one attached hydrogen (secondary N) is 2. The second kappa shape index (κ2) is 13.2. The first-order valence-electron chi connectivity index (χ1n) is 14.0. The van der Waals surface area contributed by atoms with Gasteiger partial charge >= 0.3 is 5.97 Å². The van der Waals surface area contributed by atoms with Crippen LogP contribution in [0.5, 0.6) is 0 Å². The maximum Gasteiger partial charge on any atom is 0.326 e. The van der Waals surface area contributed by atoms with Crippen molar-refractivity contribution < 1.29 is 19.1 Å². The quantitative estimate of drug-likeness (QED) is 0.253. The van der Waals surface area contributed by atoms with E-state index < -0.39 is 23.7 Å². The molecule has 4 aromatic rings. The van der Waals surface area contributed by atoms with Crippen LogP contribution in [0.1, 0.15) is 29.7 Å². The van der Waals surface area contributed by atoms with E-state index in [-0.39, 0.29) is 30.5 Å². The Hall–Kier alpha value is -4.86. The minimum Gasteiger partial charge on any atom is -0.480 e. The number of aliphatic carboxylic acids is 1. The first-order chi connectivity index (χ1) is 20.4. The number of hydrogen-bond acceptors (Lipinski definition) is 7. The number of halogens is 1. The number of carbonyl (C=O) groups is 2. The van der Waals surface area contributed by atoms with Crippen molar-refractivity contribution in [2.75, 3.05) is 23.3 Å². The molecule has 1 aliphatic rings. The van der Waals surface area contributed by atoms with Crippen LogP contribution in [0.25, 0.3) is 11.1 Å². The van der Waals surface area contributed by atoms with Crippen molar-refractivity contribution in [2.24, 2.45) is 5.92 Å². The van der Waals surface area contributed by atoms with Gasteiger partial charge in [-0.05, 0) is 54.2 Å². The largest absolute Gasteiger partial charge is 0.480 e. The molecule has 2 aromatic carbocycles. The summed E-state index contributed by atoms with van der Waals surface area (Å²) in [5.41, 5.74) is 4.86. The molecule has 1 unspecified atom stereocenters. The summed E-state index contributed by atoms with van der Waals surface area (Å²) in [7, 11) is 0. The normalized spacial score (nSPS) is 15.6. The molecule has 5 rings (SSSR count). The fraction of sp³-hybridized carbons (Fsp3) is 0.281. The monoisotopic (exact) mass is 568 g/mol. The summed E-state index contributed by atoms with van der Waals surface area (Å²) in [5, 5.41) is 15.6. The molecular weight excluding hydrogens is 535 g/mol. The number of carboxylic acids is 1. The number of amides is 1. The van der Waals surface area contributed by atoms with Crippen molar-refractivity contribution >= 4 is 23.5 Å². The highest BCUT2D eigenvalue weighted by Gasteiger charge is 2.31. The average molecular weight is 569 g/mol. The number of rotatable bonds is 10. The number of nitrogens with zero attached hydrogens (tertiary/aromatic N) is 4. The van der Waals surface area contributed by atoms with Crippen LogP contribution in [0, 0.1) is 18.7 Å². The number of benzene rings is 2. The van der Waals surface area contributed by atoms with Crippen LogP contribution in [0.15, 0.2) is 79.3 Å². The van der Waals surface area contributed by atoms with Gasteiger partial charge in [-0.1, -0.05) is 54.6 Å². The van der Waals surface area contributed by atoms with Gasteiger partial charge in [0, 0.05) is 25.7 Å². The summed E-state index contributed by atoms with van der Waals surface area (Å²) in [6.45, 7) is 3.08. The van der Waals surface area contributed by atoms with E-state index in [4.69, 9.17) is 0 Å². The first kappa shape index (κ1) is 28.7. The molecule has 0 saturated carbocycles. The van der Waals surface area contributed by atoms with Crippen LogP contribution in [-0.2, 0) is 22.6 Å². The molecule has 2 aromatic heterocycles. The van der Waals surface area contributed by atoms with E-state index >= 15 is 4.39 Å². The van der Waals surface area contributed by atoms with E-state index in [0.717, 1.165) is 27.9 Å². The van der Waals surface area contributed by atoms with Gasteiger partial charge < -0.3 is 20.6 Å². The number of carbonyl (C=O) groups excluding carboxylic acids is 1. The average Bonchev–Trinajstić information content (AvgIpc) is 3.01. The molecule has 3 heterocycles. The van der Waals surface area contributed by atoms with E-state index in [1.807, 2.05) is 67.6 Å². The van der Waals surface area contributed by atoms with Crippen molar-refractivity contribution in [3.63, 3.8) is 0 Å². The van der Waals surface area contributed by atoms with E-state index in [9.17, 15) is 14.7 Å². The summed E-state index contributed by atoms with van der Waals surface area (Å²) in [5.74, 6) is -2.43. The highest BCUT2D eigenvalue weighted by Crippen LogP contribution is 2.27. The van der Waals surface area contributed by atoms with E-state index in [2.05, 4.69) is 25.6 Å². The Labute approximate surface area is 243 Å². The van der Waals surface area contributed by atoms with Gasteiger partial charge in [-0.3, -0.25) is 9.78 Å². The third kappa shape index (κ3) is 6.88. The number of carboxylic acid groups (broad SMARTS) is 1. The summed E-state index contributed by atoms with van der Waals surface area (Å²) in [6.07, 6.45) is 4.30. The lowest BCUT2D eigenvalue weighted by atomic mass is 9.95. The molecule has 10 heteroatoms. The summed E-state index contributed by atoms with van der Waals surface area (Å²) < 4.78 is 15.4. The Morgan fingerprint density at radius 1 is 1.05 bits per heavy atom. The lowest BCUT2D eigenvalue weighted by Gasteiger charge is -2.33. The number of aromatic nitrogens is 3. The molecular formula is C32H33FN6O3. The molecule has 0 bridgehead atoms. The first-order valence-corrected chi connectivity index (χ1v) is 14.0. The van der Waals surface area contributed by atoms with Crippen LogP contribution in [-0.4, -0.2) is 51.1 Å². The zero-order chi connectivity index (χ0) is 29.5. The van der Waals surface area contributed by atoms with Gasteiger partial charge in [-0.15, -0.1) is 0 Å². The fourth-order valence-electron chi connectivity index (χ4n) is 5.21. The third-order valence-corrected chi connectivity index (χ3v) is 7.49. The molecule has 1 fully saturated rings. The van der Waals surface area contributed by atoms with Crippen LogP contribution < -0.4 is 15.5 Å². The van der Waals surface area contributed by atoms with Crippen molar-refractivity contribution in [1.29, 1.82) is 0 Å². The molecule has 0 aliphatic carbocycles. The van der Waals surface area contributed by atoms with Crippen molar-refractivity contribution in [1.82, 2.24) is 20.3 Å². The van der Waals surface area contributed by atoms with Gasteiger partial charge in [-0.2, -0.15) is 4.39 Å². The fourth-order valence-corrected chi connectivity index (χ4v) is 5.21. The van der Waals surface area contributed by atoms with Crippen LogP contribution in [0.4, 0.5) is 16.0 Å². The van der Waals surface area contributed by atoms with E-state index in [0.29, 0.717) is 25.9 Å². The molecule has 1 saturated heterocycles. The lowest BCUT2D eigenvalue weighted by molar-refractivity contribution is -0.142. The second-order valence-corrected chi connectivity index (χ2v) is 10.4. The molecule has 1 aliphatic heterocycles. The Balaban J connectivity index is 1.22. The van der Waals surface area contributed by atoms with Gasteiger partial charge in [0.1, 0.15) is 12.4 Å². The smallest absolute Gasteiger partial charge is 0.326 e. The highest BCUT2D eigenvalue weighted by molar-refractivity contribution is 5.85. The minimum absolute atomic E-state index is 0.0524. The number of aryl methyl sites for hydroxylation is 1. The highest BCUT2D eigenvalue weighted by atomic mass is 19.1. The molecule has 42 heavy (non-hydrogen) atoms. The predicted octanol–water partition coefficient (Wildman–Crippen LogP) is 4.63. The van der Waals surface area contributed by atoms with Crippen LogP contribution >= 0.6 is 0 Å². The van der Waals surface area contributed by atoms with Gasteiger partial charge in [0.05, 0.1) is 18.2 Å². The Kier molecular flexibility index (Phi) is 9.01. The zero-order valence-electron chi connectivity index (χ0n) is 23.3.